The number of aliphatic hydroxyl groups excluding tert-OH is 1. The summed E-state index contributed by atoms with van der Waals surface area (Å²) in [5.41, 5.74) is 1.78. The lowest BCUT2D eigenvalue weighted by Gasteiger charge is -2.43. The van der Waals surface area contributed by atoms with Gasteiger partial charge in [0.2, 0.25) is 0 Å². The van der Waals surface area contributed by atoms with Crippen molar-refractivity contribution in [2.45, 2.75) is 57.8 Å². The zero-order chi connectivity index (χ0) is 22.9. The molecule has 2 aromatic carbocycles. The summed E-state index contributed by atoms with van der Waals surface area (Å²) in [6.45, 7) is 2.74. The van der Waals surface area contributed by atoms with Crippen molar-refractivity contribution in [2.75, 3.05) is 6.61 Å². The molecule has 1 N–H and O–H groups in total. The zero-order valence-corrected chi connectivity index (χ0v) is 18.1. The Morgan fingerprint density at radius 1 is 0.812 bits per heavy atom. The second kappa shape index (κ2) is 11.7. The average molecular weight is 444 g/mol. The van der Waals surface area contributed by atoms with Crippen molar-refractivity contribution >= 4 is 11.9 Å². The fraction of sp³-hybridized carbons (Fsp3) is 0.417. The normalized spacial score (nSPS) is 25.2. The first kappa shape index (κ1) is 23.9. The minimum Gasteiger partial charge on any atom is -0.463 e. The van der Waals surface area contributed by atoms with Gasteiger partial charge in [0.05, 0.1) is 13.2 Å². The summed E-state index contributed by atoms with van der Waals surface area (Å²) in [5, 5.41) is 10.6. The molecule has 0 spiro atoms. The number of carbonyl (C=O) groups is 2. The highest BCUT2D eigenvalue weighted by Gasteiger charge is 2.49. The molecule has 0 saturated carbocycles. The number of hydrogen-bond donors (Lipinski definition) is 1. The van der Waals surface area contributed by atoms with Gasteiger partial charge in [0.15, 0.2) is 12.4 Å². The molecule has 8 nitrogen and oxygen atoms in total. The minimum atomic E-state index is -1.42. The highest BCUT2D eigenvalue weighted by atomic mass is 16.7. The first-order chi connectivity index (χ1) is 15.4. The molecule has 0 radical (unpaired) electrons. The van der Waals surface area contributed by atoms with E-state index in [0.717, 1.165) is 11.1 Å². The summed E-state index contributed by atoms with van der Waals surface area (Å²) in [6.07, 6.45) is -5.11. The van der Waals surface area contributed by atoms with Gasteiger partial charge in [-0.2, -0.15) is 0 Å². The Bertz CT molecular complexity index is 857. The van der Waals surface area contributed by atoms with E-state index in [1.807, 2.05) is 60.7 Å². The summed E-state index contributed by atoms with van der Waals surface area (Å²) in [4.78, 5) is 23.2. The molecule has 172 valence electrons. The van der Waals surface area contributed by atoms with Crippen LogP contribution in [0.4, 0.5) is 0 Å². The molecule has 5 atom stereocenters. The monoisotopic (exact) mass is 444 g/mol. The number of ether oxygens (including phenoxy) is 5. The van der Waals surface area contributed by atoms with Gasteiger partial charge in [-0.3, -0.25) is 9.59 Å². The zero-order valence-electron chi connectivity index (χ0n) is 18.1. The van der Waals surface area contributed by atoms with Crippen LogP contribution >= 0.6 is 0 Å². The van der Waals surface area contributed by atoms with E-state index in [-0.39, 0.29) is 19.8 Å². The SMILES string of the molecule is CC(=O)OC[C@H]1OC(O)[C@H](OCc2ccccc2)[C@@H](OC(C)=O)[C@@H]1OCc1ccccc1. The van der Waals surface area contributed by atoms with E-state index in [1.165, 1.54) is 13.8 Å². The third-order valence-electron chi connectivity index (χ3n) is 4.93. The molecule has 1 fully saturated rings. The van der Waals surface area contributed by atoms with Crippen molar-refractivity contribution in [1.82, 2.24) is 0 Å². The summed E-state index contributed by atoms with van der Waals surface area (Å²) in [5.74, 6) is -1.06. The number of aliphatic hydroxyl groups is 1. The standard InChI is InChI=1S/C24H28O8/c1-16(25)28-15-20-21(29-13-18-9-5-3-6-10-18)22(31-17(2)26)23(24(27)32-20)30-14-19-11-7-4-8-12-19/h3-12,20-24,27H,13-15H2,1-2H3/t20-,21-,22+,23-,24?/m1/s1. The summed E-state index contributed by atoms with van der Waals surface area (Å²) in [6, 6.07) is 18.8. The van der Waals surface area contributed by atoms with E-state index in [0.29, 0.717) is 0 Å². The lowest BCUT2D eigenvalue weighted by atomic mass is 9.98. The average Bonchev–Trinajstić information content (AvgIpc) is 2.77. The van der Waals surface area contributed by atoms with E-state index < -0.39 is 42.6 Å². The van der Waals surface area contributed by atoms with Gasteiger partial charge < -0.3 is 28.8 Å². The van der Waals surface area contributed by atoms with E-state index in [4.69, 9.17) is 23.7 Å². The number of carbonyl (C=O) groups excluding carboxylic acids is 2. The predicted molar refractivity (Wildman–Crippen MR) is 113 cm³/mol. The van der Waals surface area contributed by atoms with Crippen LogP contribution in [0.3, 0.4) is 0 Å². The maximum atomic E-state index is 11.9. The molecule has 0 bridgehead atoms. The predicted octanol–water partition coefficient (Wildman–Crippen LogP) is 2.37. The molecule has 32 heavy (non-hydrogen) atoms. The van der Waals surface area contributed by atoms with E-state index >= 15 is 0 Å². The van der Waals surface area contributed by atoms with Crippen LogP contribution in [0.25, 0.3) is 0 Å². The van der Waals surface area contributed by atoms with Gasteiger partial charge in [0.1, 0.15) is 24.9 Å². The number of rotatable bonds is 9. The molecule has 1 aliphatic heterocycles. The van der Waals surface area contributed by atoms with Crippen LogP contribution < -0.4 is 0 Å². The number of hydrogen-bond acceptors (Lipinski definition) is 8. The van der Waals surface area contributed by atoms with Crippen LogP contribution in [-0.4, -0.2) is 54.4 Å². The maximum Gasteiger partial charge on any atom is 0.303 e. The third-order valence-corrected chi connectivity index (χ3v) is 4.93. The Morgan fingerprint density at radius 3 is 1.84 bits per heavy atom. The Labute approximate surface area is 187 Å². The van der Waals surface area contributed by atoms with Crippen molar-refractivity contribution in [1.29, 1.82) is 0 Å². The summed E-state index contributed by atoms with van der Waals surface area (Å²) in [7, 11) is 0. The topological polar surface area (TPSA) is 101 Å². The molecule has 0 amide bonds. The molecule has 8 heteroatoms. The lowest BCUT2D eigenvalue weighted by Crippen LogP contribution is -2.61. The van der Waals surface area contributed by atoms with Crippen molar-refractivity contribution in [2.24, 2.45) is 0 Å². The van der Waals surface area contributed by atoms with Crippen molar-refractivity contribution in [3.8, 4) is 0 Å². The van der Waals surface area contributed by atoms with Crippen LogP contribution in [0.15, 0.2) is 60.7 Å². The van der Waals surface area contributed by atoms with Crippen LogP contribution in [-0.2, 0) is 46.5 Å². The molecule has 3 rings (SSSR count). The smallest absolute Gasteiger partial charge is 0.303 e. The van der Waals surface area contributed by atoms with Crippen LogP contribution in [0.5, 0.6) is 0 Å². The molecular formula is C24H28O8. The van der Waals surface area contributed by atoms with Crippen LogP contribution in [0, 0.1) is 0 Å². The van der Waals surface area contributed by atoms with Gasteiger partial charge in [-0.1, -0.05) is 60.7 Å². The van der Waals surface area contributed by atoms with Gasteiger partial charge in [-0.05, 0) is 11.1 Å². The molecular weight excluding hydrogens is 416 g/mol. The first-order valence-corrected chi connectivity index (χ1v) is 10.4. The Morgan fingerprint density at radius 2 is 1.34 bits per heavy atom. The quantitative estimate of drug-likeness (QED) is 0.589. The Kier molecular flexibility index (Phi) is 8.75. The lowest BCUT2D eigenvalue weighted by molar-refractivity contribution is -0.309. The van der Waals surface area contributed by atoms with Crippen molar-refractivity contribution in [3.63, 3.8) is 0 Å². The van der Waals surface area contributed by atoms with Crippen molar-refractivity contribution < 1.29 is 38.4 Å². The number of esters is 2. The number of benzene rings is 2. The van der Waals surface area contributed by atoms with Crippen molar-refractivity contribution in [3.05, 3.63) is 71.8 Å². The van der Waals surface area contributed by atoms with Gasteiger partial charge in [0.25, 0.3) is 0 Å². The van der Waals surface area contributed by atoms with Gasteiger partial charge in [0, 0.05) is 13.8 Å². The summed E-state index contributed by atoms with van der Waals surface area (Å²) >= 11 is 0. The highest BCUT2D eigenvalue weighted by Crippen LogP contribution is 2.29. The molecule has 1 saturated heterocycles. The maximum absolute atomic E-state index is 11.9. The molecule has 0 aliphatic carbocycles. The Hall–Kier alpha value is -2.78. The molecule has 1 heterocycles. The van der Waals surface area contributed by atoms with E-state index in [9.17, 15) is 14.7 Å². The molecule has 1 aliphatic rings. The fourth-order valence-corrected chi connectivity index (χ4v) is 3.47. The largest absolute Gasteiger partial charge is 0.463 e. The van der Waals surface area contributed by atoms with Gasteiger partial charge >= 0.3 is 11.9 Å². The first-order valence-electron chi connectivity index (χ1n) is 10.4. The van der Waals surface area contributed by atoms with Gasteiger partial charge in [-0.15, -0.1) is 0 Å². The minimum absolute atomic E-state index is 0.170. The molecule has 1 unspecified atom stereocenters. The Balaban J connectivity index is 1.81. The second-order valence-corrected chi connectivity index (χ2v) is 7.46. The van der Waals surface area contributed by atoms with Crippen LogP contribution in [0.2, 0.25) is 0 Å². The van der Waals surface area contributed by atoms with Gasteiger partial charge in [-0.25, -0.2) is 0 Å². The molecule has 2 aromatic rings. The van der Waals surface area contributed by atoms with Crippen LogP contribution in [0.1, 0.15) is 25.0 Å². The highest BCUT2D eigenvalue weighted by molar-refractivity contribution is 5.66. The second-order valence-electron chi connectivity index (χ2n) is 7.46. The molecule has 0 aromatic heterocycles. The fourth-order valence-electron chi connectivity index (χ4n) is 3.47. The summed E-state index contributed by atoms with van der Waals surface area (Å²) < 4.78 is 28.3. The van der Waals surface area contributed by atoms with E-state index in [2.05, 4.69) is 0 Å². The third kappa shape index (κ3) is 6.86. The van der Waals surface area contributed by atoms with E-state index in [1.54, 1.807) is 0 Å².